The Hall–Kier alpha value is -6.11. The molecule has 9 rings (SSSR count). The van der Waals surface area contributed by atoms with Gasteiger partial charge in [-0.2, -0.15) is 8.51 Å². The summed E-state index contributed by atoms with van der Waals surface area (Å²) in [7, 11) is 0. The van der Waals surface area contributed by atoms with Crippen LogP contribution in [0, 0.1) is 6.92 Å². The quantitative estimate of drug-likeness (QED) is 0.118. The third kappa shape index (κ3) is 5.79. The second kappa shape index (κ2) is 13.9. The lowest BCUT2D eigenvalue weighted by molar-refractivity contribution is -0.250. The van der Waals surface area contributed by atoms with Crippen LogP contribution in [0.3, 0.4) is 0 Å². The minimum atomic E-state index is -2.16. The number of aryl methyl sites for hydroxylation is 2. The number of hydrogen-bond acceptors (Lipinski definition) is 9. The zero-order valence-electron chi connectivity index (χ0n) is 30.9. The van der Waals surface area contributed by atoms with Gasteiger partial charge in [0.15, 0.2) is 0 Å². The van der Waals surface area contributed by atoms with Crippen molar-refractivity contribution in [1.82, 2.24) is 13.9 Å². The van der Waals surface area contributed by atoms with Gasteiger partial charge < -0.3 is 8.92 Å². The smallest absolute Gasteiger partial charge is 0.403 e. The predicted octanol–water partition coefficient (Wildman–Crippen LogP) is 7.05. The van der Waals surface area contributed by atoms with Gasteiger partial charge in [0.1, 0.15) is 11.8 Å². The molecule has 3 aliphatic rings. The van der Waals surface area contributed by atoms with Gasteiger partial charge in [0, 0.05) is 30.3 Å². The van der Waals surface area contributed by atoms with Gasteiger partial charge in [-0.05, 0) is 71.5 Å². The van der Waals surface area contributed by atoms with Crippen LogP contribution in [0.25, 0.3) is 33.4 Å². The van der Waals surface area contributed by atoms with Crippen molar-refractivity contribution >= 4 is 34.1 Å². The van der Waals surface area contributed by atoms with E-state index < -0.39 is 40.4 Å². The van der Waals surface area contributed by atoms with E-state index in [1.54, 1.807) is 29.7 Å². The highest BCUT2D eigenvalue weighted by Gasteiger charge is 2.54. The first kappa shape index (κ1) is 35.6. The molecular formula is C44H37N3O8S. The lowest BCUT2D eigenvalue weighted by atomic mass is 9.88. The Morgan fingerprint density at radius 2 is 1.62 bits per heavy atom. The SMILES string of the molecule is CCc1c2c(nc3ccc(C)cc13)-c1cc3c(c(=O)n1C2)OOC(=O)C3(CC)OC(=O)C1Cc2ccccc2CN1S(=O)Oc1ccc(-c2ccccc2)cc1. The van der Waals surface area contributed by atoms with Crippen molar-refractivity contribution in [3.05, 3.63) is 147 Å². The van der Waals surface area contributed by atoms with Gasteiger partial charge in [-0.1, -0.05) is 92.2 Å². The second-order valence-corrected chi connectivity index (χ2v) is 15.3. The third-order valence-electron chi connectivity index (χ3n) is 11.1. The van der Waals surface area contributed by atoms with Crippen LogP contribution in [-0.4, -0.2) is 36.0 Å². The fraction of sp³-hybridized carbons (Fsp3) is 0.227. The number of esters is 1. The molecule has 12 heteroatoms. The molecule has 11 nitrogen and oxygen atoms in total. The Balaban J connectivity index is 1.07. The lowest BCUT2D eigenvalue weighted by Crippen LogP contribution is -2.53. The van der Waals surface area contributed by atoms with Crippen molar-refractivity contribution < 1.29 is 32.5 Å². The molecule has 6 aromatic rings. The first-order chi connectivity index (χ1) is 27.2. The molecule has 56 heavy (non-hydrogen) atoms. The molecule has 4 aromatic carbocycles. The van der Waals surface area contributed by atoms with Gasteiger partial charge in [0.05, 0.1) is 29.0 Å². The van der Waals surface area contributed by atoms with E-state index in [2.05, 4.69) is 13.0 Å². The molecule has 0 fully saturated rings. The number of hydrogen-bond donors (Lipinski definition) is 0. The molecule has 0 N–H and O–H groups in total. The van der Waals surface area contributed by atoms with Crippen molar-refractivity contribution in [2.45, 2.75) is 64.8 Å². The van der Waals surface area contributed by atoms with Crippen LogP contribution >= 0.6 is 0 Å². The monoisotopic (exact) mass is 767 g/mol. The number of rotatable bonds is 8. The topological polar surface area (TPSA) is 126 Å². The number of aromatic nitrogens is 2. The Labute approximate surface area is 325 Å². The van der Waals surface area contributed by atoms with Gasteiger partial charge in [0.2, 0.25) is 5.60 Å². The number of carbonyl (C=O) groups excluding carboxylic acids is 2. The normalized spacial score (nSPS) is 18.8. The summed E-state index contributed by atoms with van der Waals surface area (Å²) < 4.78 is 29.2. The van der Waals surface area contributed by atoms with E-state index in [-0.39, 0.29) is 37.2 Å². The van der Waals surface area contributed by atoms with E-state index in [4.69, 9.17) is 23.7 Å². The fourth-order valence-electron chi connectivity index (χ4n) is 8.11. The summed E-state index contributed by atoms with van der Waals surface area (Å²) in [4.78, 5) is 58.1. The number of nitrogens with zero attached hydrogens (tertiary/aromatic N) is 3. The van der Waals surface area contributed by atoms with Gasteiger partial charge in [-0.3, -0.25) is 19.0 Å². The van der Waals surface area contributed by atoms with E-state index in [0.29, 0.717) is 23.6 Å². The first-order valence-electron chi connectivity index (χ1n) is 18.6. The largest absolute Gasteiger partial charge is 0.440 e. The van der Waals surface area contributed by atoms with Crippen molar-refractivity contribution in [3.63, 3.8) is 0 Å². The molecule has 2 aromatic heterocycles. The Bertz CT molecular complexity index is 2660. The first-order valence-corrected chi connectivity index (χ1v) is 19.6. The molecule has 3 atom stereocenters. The van der Waals surface area contributed by atoms with Crippen LogP contribution in [0.15, 0.2) is 108 Å². The fourth-order valence-corrected chi connectivity index (χ4v) is 9.09. The number of carbonyl (C=O) groups is 2. The third-order valence-corrected chi connectivity index (χ3v) is 12.2. The Morgan fingerprint density at radius 3 is 2.38 bits per heavy atom. The standard InChI is InChI=1S/C44H37N3O8S/c1-4-32-33-21-26(3)15-20-36(33)45-39-34(32)25-46-37(39)23-35-40(41(46)48)53-54-43(50)44(35,5-2)52-42(49)38-22-29-13-9-10-14-30(29)24-47(38)56(51)55-31-18-16-28(17-19-31)27-11-7-6-8-12-27/h6-21,23,38H,4-5,22,24-25H2,1-3H3. The maximum atomic E-state index is 14.5. The van der Waals surface area contributed by atoms with Gasteiger partial charge in [-0.15, -0.1) is 0 Å². The summed E-state index contributed by atoms with van der Waals surface area (Å²) in [6.45, 7) is 6.13. The molecule has 3 aliphatic heterocycles. The predicted molar refractivity (Wildman–Crippen MR) is 210 cm³/mol. The molecule has 0 saturated carbocycles. The van der Waals surface area contributed by atoms with E-state index in [0.717, 1.165) is 49.8 Å². The van der Waals surface area contributed by atoms with E-state index in [9.17, 15) is 18.6 Å². The summed E-state index contributed by atoms with van der Waals surface area (Å²) >= 11 is -2.16. The number of fused-ring (bicyclic) bond motifs is 6. The number of ether oxygens (including phenoxy) is 1. The van der Waals surface area contributed by atoms with Crippen molar-refractivity contribution in [3.8, 4) is 34.0 Å². The summed E-state index contributed by atoms with van der Waals surface area (Å²) in [6, 6.07) is 31.2. The van der Waals surface area contributed by atoms with Crippen LogP contribution in [0.4, 0.5) is 0 Å². The molecule has 0 saturated heterocycles. The molecule has 0 bridgehead atoms. The van der Waals surface area contributed by atoms with Gasteiger partial charge in [0.25, 0.3) is 22.6 Å². The zero-order valence-corrected chi connectivity index (χ0v) is 31.8. The minimum Gasteiger partial charge on any atom is -0.440 e. The molecule has 0 amide bonds. The summed E-state index contributed by atoms with van der Waals surface area (Å²) in [6.07, 6.45) is 0.768. The van der Waals surface area contributed by atoms with Crippen LogP contribution in [0.5, 0.6) is 11.5 Å². The van der Waals surface area contributed by atoms with E-state index >= 15 is 0 Å². The van der Waals surface area contributed by atoms with Gasteiger partial charge in [-0.25, -0.2) is 14.7 Å². The maximum Gasteiger partial charge on any atom is 0.403 e. The summed E-state index contributed by atoms with van der Waals surface area (Å²) in [5.41, 5.74) is 6.17. The van der Waals surface area contributed by atoms with Crippen molar-refractivity contribution in [2.75, 3.05) is 0 Å². The lowest BCUT2D eigenvalue weighted by Gasteiger charge is -2.38. The average molecular weight is 768 g/mol. The highest BCUT2D eigenvalue weighted by atomic mass is 32.2. The highest BCUT2D eigenvalue weighted by Crippen LogP contribution is 2.45. The molecular weight excluding hydrogens is 731 g/mol. The van der Waals surface area contributed by atoms with Crippen molar-refractivity contribution in [2.24, 2.45) is 0 Å². The molecule has 3 unspecified atom stereocenters. The Kier molecular flexibility index (Phi) is 8.82. The van der Waals surface area contributed by atoms with Gasteiger partial charge >= 0.3 is 11.9 Å². The second-order valence-electron chi connectivity index (χ2n) is 14.3. The van der Waals surface area contributed by atoms with Crippen molar-refractivity contribution in [1.29, 1.82) is 0 Å². The summed E-state index contributed by atoms with van der Waals surface area (Å²) in [5, 5.41) is 1.02. The molecule has 282 valence electrons. The van der Waals surface area contributed by atoms with Crippen LogP contribution in [0.2, 0.25) is 0 Å². The molecule has 0 aliphatic carbocycles. The average Bonchev–Trinajstić information content (AvgIpc) is 3.59. The summed E-state index contributed by atoms with van der Waals surface area (Å²) in [5.74, 6) is -1.72. The van der Waals surface area contributed by atoms with E-state index in [1.165, 1.54) is 4.31 Å². The minimum absolute atomic E-state index is 0.0659. The highest BCUT2D eigenvalue weighted by molar-refractivity contribution is 7.78. The molecule has 0 radical (unpaired) electrons. The van der Waals surface area contributed by atoms with Crippen LogP contribution in [-0.2, 0) is 62.0 Å². The number of benzene rings is 4. The van der Waals surface area contributed by atoms with E-state index in [1.807, 2.05) is 85.8 Å². The molecule has 5 heterocycles. The molecule has 0 spiro atoms. The van der Waals surface area contributed by atoms with Crippen LogP contribution in [0.1, 0.15) is 53.6 Å². The number of pyridine rings is 2. The maximum absolute atomic E-state index is 14.5. The Morgan fingerprint density at radius 1 is 0.893 bits per heavy atom. The zero-order chi connectivity index (χ0) is 38.7. The van der Waals surface area contributed by atoms with Crippen LogP contribution < -0.4 is 14.6 Å².